The Morgan fingerprint density at radius 3 is 2.32 bits per heavy atom. The van der Waals surface area contributed by atoms with Crippen molar-refractivity contribution in [1.29, 1.82) is 0 Å². The zero-order chi connectivity index (χ0) is 21.8. The molecule has 0 radical (unpaired) electrons. The van der Waals surface area contributed by atoms with Gasteiger partial charge in [-0.3, -0.25) is 14.2 Å². The van der Waals surface area contributed by atoms with Gasteiger partial charge in [0.25, 0.3) is 11.5 Å². The average Bonchev–Trinajstić information content (AvgIpc) is 2.82. The molecule has 160 valence electrons. The van der Waals surface area contributed by atoms with Gasteiger partial charge in [-0.05, 0) is 31.2 Å². The Kier molecular flexibility index (Phi) is 6.02. The van der Waals surface area contributed by atoms with Crippen molar-refractivity contribution in [2.45, 2.75) is 6.92 Å². The van der Waals surface area contributed by atoms with E-state index in [-0.39, 0.29) is 11.5 Å². The van der Waals surface area contributed by atoms with E-state index in [9.17, 15) is 9.59 Å². The predicted molar refractivity (Wildman–Crippen MR) is 121 cm³/mol. The Morgan fingerprint density at radius 2 is 1.68 bits per heavy atom. The van der Waals surface area contributed by atoms with Crippen LogP contribution in [-0.4, -0.2) is 53.1 Å². The monoisotopic (exact) mass is 418 g/mol. The van der Waals surface area contributed by atoms with Gasteiger partial charge in [-0.2, -0.15) is 0 Å². The SMILES string of the molecule is CCOc1ccc(C(=O)N2CCN(c3nc(-c4ccccc4)cc(=O)n3C)CC2)cc1. The lowest BCUT2D eigenvalue weighted by Gasteiger charge is -2.36. The normalized spacial score (nSPS) is 13.9. The molecular weight excluding hydrogens is 392 g/mol. The first-order valence-corrected chi connectivity index (χ1v) is 10.5. The van der Waals surface area contributed by atoms with Crippen LogP contribution >= 0.6 is 0 Å². The molecule has 0 bridgehead atoms. The summed E-state index contributed by atoms with van der Waals surface area (Å²) < 4.78 is 7.01. The maximum absolute atomic E-state index is 12.9. The van der Waals surface area contributed by atoms with Crippen molar-refractivity contribution >= 4 is 11.9 Å². The molecule has 1 aliphatic rings. The second kappa shape index (κ2) is 9.04. The third kappa shape index (κ3) is 4.45. The third-order valence-electron chi connectivity index (χ3n) is 5.44. The summed E-state index contributed by atoms with van der Waals surface area (Å²) in [7, 11) is 1.73. The van der Waals surface area contributed by atoms with E-state index in [1.165, 1.54) is 0 Å². The van der Waals surface area contributed by atoms with Crippen molar-refractivity contribution in [3.63, 3.8) is 0 Å². The Bertz CT molecular complexity index is 1100. The van der Waals surface area contributed by atoms with Crippen LogP contribution in [0.5, 0.6) is 5.75 Å². The maximum Gasteiger partial charge on any atom is 0.255 e. The number of piperazine rings is 1. The predicted octanol–water partition coefficient (Wildman–Crippen LogP) is 2.81. The molecule has 1 saturated heterocycles. The highest BCUT2D eigenvalue weighted by Gasteiger charge is 2.24. The van der Waals surface area contributed by atoms with E-state index >= 15 is 0 Å². The topological polar surface area (TPSA) is 67.7 Å². The average molecular weight is 418 g/mol. The Labute approximate surface area is 181 Å². The minimum atomic E-state index is -0.100. The molecule has 2 aromatic carbocycles. The number of hydrogen-bond donors (Lipinski definition) is 0. The second-order valence-corrected chi connectivity index (χ2v) is 7.44. The van der Waals surface area contributed by atoms with Crippen LogP contribution in [0.1, 0.15) is 17.3 Å². The van der Waals surface area contributed by atoms with Gasteiger partial charge in [0.15, 0.2) is 0 Å². The van der Waals surface area contributed by atoms with E-state index in [4.69, 9.17) is 9.72 Å². The van der Waals surface area contributed by atoms with Crippen LogP contribution in [-0.2, 0) is 7.05 Å². The van der Waals surface area contributed by atoms with Gasteiger partial charge in [-0.15, -0.1) is 0 Å². The number of nitrogens with zero attached hydrogens (tertiary/aromatic N) is 4. The molecule has 0 atom stereocenters. The first-order chi connectivity index (χ1) is 15.1. The Morgan fingerprint density at radius 1 is 1.00 bits per heavy atom. The van der Waals surface area contributed by atoms with Gasteiger partial charge in [0.2, 0.25) is 5.95 Å². The number of hydrogen-bond acceptors (Lipinski definition) is 5. The van der Waals surface area contributed by atoms with Crippen LogP contribution < -0.4 is 15.2 Å². The van der Waals surface area contributed by atoms with Crippen molar-refractivity contribution in [1.82, 2.24) is 14.5 Å². The van der Waals surface area contributed by atoms with Gasteiger partial charge < -0.3 is 14.5 Å². The molecule has 31 heavy (non-hydrogen) atoms. The number of ether oxygens (including phenoxy) is 1. The van der Waals surface area contributed by atoms with E-state index in [1.807, 2.05) is 54.3 Å². The molecule has 4 rings (SSSR count). The lowest BCUT2D eigenvalue weighted by molar-refractivity contribution is 0.0746. The van der Waals surface area contributed by atoms with Gasteiger partial charge >= 0.3 is 0 Å². The number of anilines is 1. The molecule has 1 aliphatic heterocycles. The van der Waals surface area contributed by atoms with E-state index in [0.717, 1.165) is 11.3 Å². The minimum Gasteiger partial charge on any atom is -0.494 e. The molecule has 7 nitrogen and oxygen atoms in total. The molecule has 0 saturated carbocycles. The van der Waals surface area contributed by atoms with Crippen molar-refractivity contribution < 1.29 is 9.53 Å². The van der Waals surface area contributed by atoms with Crippen molar-refractivity contribution in [2.24, 2.45) is 7.05 Å². The van der Waals surface area contributed by atoms with Gasteiger partial charge in [-0.1, -0.05) is 30.3 Å². The Hall–Kier alpha value is -3.61. The summed E-state index contributed by atoms with van der Waals surface area (Å²) in [6.07, 6.45) is 0. The van der Waals surface area contributed by atoms with Gasteiger partial charge in [-0.25, -0.2) is 4.98 Å². The first kappa shape index (κ1) is 20.7. The fraction of sp³-hybridized carbons (Fsp3) is 0.292. The van der Waals surface area contributed by atoms with E-state index in [1.54, 1.807) is 29.8 Å². The lowest BCUT2D eigenvalue weighted by Crippen LogP contribution is -2.50. The number of amides is 1. The first-order valence-electron chi connectivity index (χ1n) is 10.5. The second-order valence-electron chi connectivity index (χ2n) is 7.44. The van der Waals surface area contributed by atoms with Crippen molar-refractivity contribution in [3.05, 3.63) is 76.6 Å². The maximum atomic E-state index is 12.9. The van der Waals surface area contributed by atoms with Gasteiger partial charge in [0.1, 0.15) is 5.75 Å². The van der Waals surface area contributed by atoms with Crippen LogP contribution in [0, 0.1) is 0 Å². The largest absolute Gasteiger partial charge is 0.494 e. The van der Waals surface area contributed by atoms with E-state index < -0.39 is 0 Å². The third-order valence-corrected chi connectivity index (χ3v) is 5.44. The molecule has 2 heterocycles. The zero-order valence-electron chi connectivity index (χ0n) is 17.8. The van der Waals surface area contributed by atoms with Gasteiger partial charge in [0, 0.05) is 50.4 Å². The van der Waals surface area contributed by atoms with Crippen molar-refractivity contribution in [2.75, 3.05) is 37.7 Å². The molecule has 0 aliphatic carbocycles. The van der Waals surface area contributed by atoms with E-state index in [0.29, 0.717) is 50.0 Å². The molecule has 1 amide bonds. The fourth-order valence-corrected chi connectivity index (χ4v) is 3.72. The summed E-state index contributed by atoms with van der Waals surface area (Å²) in [6.45, 7) is 4.88. The highest BCUT2D eigenvalue weighted by atomic mass is 16.5. The summed E-state index contributed by atoms with van der Waals surface area (Å²) in [5.41, 5.74) is 2.11. The summed E-state index contributed by atoms with van der Waals surface area (Å²) >= 11 is 0. The molecule has 1 fully saturated rings. The summed E-state index contributed by atoms with van der Waals surface area (Å²) in [6, 6.07) is 18.5. The number of aromatic nitrogens is 2. The molecular formula is C24H26N4O3. The molecule has 0 unspecified atom stereocenters. The molecule has 1 aromatic heterocycles. The van der Waals surface area contributed by atoms with E-state index in [2.05, 4.69) is 4.90 Å². The standard InChI is InChI=1S/C24H26N4O3/c1-3-31-20-11-9-19(10-12-20)23(30)27-13-15-28(16-14-27)24-25-21(17-22(29)26(24)2)18-7-5-4-6-8-18/h4-12,17H,3,13-16H2,1-2H3. The quantitative estimate of drug-likeness (QED) is 0.637. The van der Waals surface area contributed by atoms with Gasteiger partial charge in [0.05, 0.1) is 12.3 Å². The fourth-order valence-electron chi connectivity index (χ4n) is 3.72. The van der Waals surface area contributed by atoms with Crippen LogP contribution in [0.3, 0.4) is 0 Å². The lowest BCUT2D eigenvalue weighted by atomic mass is 10.1. The minimum absolute atomic E-state index is 0.00239. The van der Waals surface area contributed by atoms with Crippen molar-refractivity contribution in [3.8, 4) is 17.0 Å². The van der Waals surface area contributed by atoms with Crippen LogP contribution in [0.25, 0.3) is 11.3 Å². The van der Waals surface area contributed by atoms with Crippen LogP contribution in [0.4, 0.5) is 5.95 Å². The summed E-state index contributed by atoms with van der Waals surface area (Å²) in [4.78, 5) is 34.1. The number of benzene rings is 2. The highest BCUT2D eigenvalue weighted by Crippen LogP contribution is 2.20. The Balaban J connectivity index is 1.48. The van der Waals surface area contributed by atoms with Crippen LogP contribution in [0.15, 0.2) is 65.5 Å². The molecule has 3 aromatic rings. The number of rotatable bonds is 5. The summed E-state index contributed by atoms with van der Waals surface area (Å²) in [5, 5.41) is 0. The molecule has 7 heteroatoms. The smallest absolute Gasteiger partial charge is 0.255 e. The zero-order valence-corrected chi connectivity index (χ0v) is 17.8. The molecule has 0 spiro atoms. The van der Waals surface area contributed by atoms with Crippen LogP contribution in [0.2, 0.25) is 0 Å². The summed E-state index contributed by atoms with van der Waals surface area (Å²) in [5.74, 6) is 1.39. The number of carbonyl (C=O) groups excluding carboxylic acids is 1. The highest BCUT2D eigenvalue weighted by molar-refractivity contribution is 5.94. The number of carbonyl (C=O) groups is 1. The molecule has 0 N–H and O–H groups in total.